The highest BCUT2D eigenvalue weighted by molar-refractivity contribution is 9.10. The normalized spacial score (nSPS) is 18.7. The number of fused-ring (bicyclic) bond motifs is 1. The van der Waals surface area contributed by atoms with Crippen LogP contribution in [0.4, 0.5) is 11.8 Å². The van der Waals surface area contributed by atoms with Gasteiger partial charge >= 0.3 is 0 Å². The number of carbonyl (C=O) groups excluding carboxylic acids is 1. The van der Waals surface area contributed by atoms with Gasteiger partial charge in [0, 0.05) is 17.9 Å². The van der Waals surface area contributed by atoms with E-state index in [-0.39, 0.29) is 17.8 Å². The molecule has 0 aromatic carbocycles. The van der Waals surface area contributed by atoms with Gasteiger partial charge in [-0.1, -0.05) is 26.7 Å². The Labute approximate surface area is 115 Å². The first-order chi connectivity index (χ1) is 8.56. The van der Waals surface area contributed by atoms with Gasteiger partial charge in [-0.15, -0.1) is 0 Å². The van der Waals surface area contributed by atoms with E-state index in [0.29, 0.717) is 22.8 Å². The zero-order chi connectivity index (χ0) is 13.3. The molecular formula is C12H17BrN4O. The summed E-state index contributed by atoms with van der Waals surface area (Å²) in [5.74, 6) is 1.36. The maximum absolute atomic E-state index is 11.8. The molecular weight excluding hydrogens is 296 g/mol. The lowest BCUT2D eigenvalue weighted by molar-refractivity contribution is -0.117. The van der Waals surface area contributed by atoms with Crippen LogP contribution in [-0.4, -0.2) is 15.9 Å². The number of nitrogens with two attached hydrogens (primary N) is 1. The molecule has 0 radical (unpaired) electrons. The number of nitrogens with one attached hydrogen (secondary N) is 1. The molecule has 5 nitrogen and oxygen atoms in total. The van der Waals surface area contributed by atoms with Crippen LogP contribution in [0.25, 0.3) is 0 Å². The van der Waals surface area contributed by atoms with E-state index in [0.717, 1.165) is 18.4 Å². The Hall–Kier alpha value is -1.17. The van der Waals surface area contributed by atoms with Gasteiger partial charge < -0.3 is 11.1 Å². The molecule has 1 unspecified atom stereocenters. The molecule has 1 aromatic heterocycles. The van der Waals surface area contributed by atoms with Crippen LogP contribution in [0.2, 0.25) is 0 Å². The molecule has 0 saturated carbocycles. The Kier molecular flexibility index (Phi) is 3.85. The second-order valence-electron chi connectivity index (χ2n) is 4.57. The van der Waals surface area contributed by atoms with Crippen LogP contribution in [0.15, 0.2) is 4.60 Å². The molecule has 6 heteroatoms. The molecule has 1 atom stereocenters. The summed E-state index contributed by atoms with van der Waals surface area (Å²) >= 11 is 3.44. The van der Waals surface area contributed by atoms with Gasteiger partial charge in [0.1, 0.15) is 10.4 Å². The van der Waals surface area contributed by atoms with E-state index < -0.39 is 0 Å². The van der Waals surface area contributed by atoms with E-state index >= 15 is 0 Å². The first kappa shape index (κ1) is 13.3. The molecule has 1 aliphatic rings. The molecule has 0 saturated heterocycles. The topological polar surface area (TPSA) is 80.9 Å². The average molecular weight is 313 g/mol. The zero-order valence-corrected chi connectivity index (χ0v) is 12.1. The number of carbonyl (C=O) groups is 1. The van der Waals surface area contributed by atoms with Gasteiger partial charge in [-0.25, -0.2) is 4.98 Å². The third-order valence-electron chi connectivity index (χ3n) is 3.57. The number of hydrogen-bond acceptors (Lipinski definition) is 4. The van der Waals surface area contributed by atoms with Crippen molar-refractivity contribution in [1.29, 1.82) is 0 Å². The fourth-order valence-corrected chi connectivity index (χ4v) is 3.29. The number of aromatic nitrogens is 2. The quantitative estimate of drug-likeness (QED) is 0.841. The molecule has 98 valence electrons. The number of hydrogen-bond donors (Lipinski definition) is 2. The molecule has 0 bridgehead atoms. The number of nitrogens with zero attached hydrogens (tertiary/aromatic N) is 2. The summed E-state index contributed by atoms with van der Waals surface area (Å²) in [7, 11) is 0. The highest BCUT2D eigenvalue weighted by Crippen LogP contribution is 2.42. The van der Waals surface area contributed by atoms with Crippen molar-refractivity contribution in [3.8, 4) is 0 Å². The fraction of sp³-hybridized carbons (Fsp3) is 0.583. The predicted octanol–water partition coefficient (Wildman–Crippen LogP) is 2.68. The lowest BCUT2D eigenvalue weighted by Gasteiger charge is -2.30. The standard InChI is InChI=1S/C12H17BrN4O/c1-3-6(4-2)7-5-8(18)15-11-9(7)10(13)16-12(14)17-11/h6-7H,3-5H2,1-2H3,(H3,14,15,16,17,18). The second-order valence-corrected chi connectivity index (χ2v) is 5.32. The van der Waals surface area contributed by atoms with E-state index in [1.165, 1.54) is 0 Å². The number of halogens is 1. The maximum Gasteiger partial charge on any atom is 0.226 e. The van der Waals surface area contributed by atoms with Gasteiger partial charge in [0.25, 0.3) is 0 Å². The Morgan fingerprint density at radius 1 is 1.44 bits per heavy atom. The van der Waals surface area contributed by atoms with Crippen molar-refractivity contribution in [2.45, 2.75) is 39.0 Å². The number of nitrogen functional groups attached to an aromatic ring is 1. The van der Waals surface area contributed by atoms with Crippen LogP contribution in [0.3, 0.4) is 0 Å². The Bertz CT molecular complexity index is 473. The Morgan fingerprint density at radius 3 is 2.72 bits per heavy atom. The Balaban J connectivity index is 2.50. The molecule has 0 spiro atoms. The third kappa shape index (κ3) is 2.34. The molecule has 3 N–H and O–H groups in total. The minimum absolute atomic E-state index is 0.00407. The number of rotatable bonds is 3. The van der Waals surface area contributed by atoms with E-state index in [9.17, 15) is 4.79 Å². The second kappa shape index (κ2) is 5.22. The van der Waals surface area contributed by atoms with Gasteiger partial charge in [0.15, 0.2) is 0 Å². The van der Waals surface area contributed by atoms with Gasteiger partial charge in [-0.2, -0.15) is 4.98 Å². The molecule has 0 fully saturated rings. The molecule has 2 heterocycles. The SMILES string of the molecule is CCC(CC)C1CC(=O)Nc2nc(N)nc(Br)c21. The van der Waals surface area contributed by atoms with Gasteiger partial charge in [0.05, 0.1) is 0 Å². The van der Waals surface area contributed by atoms with Crippen molar-refractivity contribution in [2.75, 3.05) is 11.1 Å². The molecule has 1 aromatic rings. The first-order valence-corrected chi connectivity index (χ1v) is 6.98. The number of amides is 1. The fourth-order valence-electron chi connectivity index (χ4n) is 2.63. The monoisotopic (exact) mass is 312 g/mol. The zero-order valence-electron chi connectivity index (χ0n) is 10.5. The summed E-state index contributed by atoms with van der Waals surface area (Å²) in [6.07, 6.45) is 2.56. The van der Waals surface area contributed by atoms with Gasteiger partial charge in [0.2, 0.25) is 11.9 Å². The van der Waals surface area contributed by atoms with Crippen molar-refractivity contribution in [3.63, 3.8) is 0 Å². The summed E-state index contributed by atoms with van der Waals surface area (Å²) in [5.41, 5.74) is 6.59. The number of anilines is 2. The summed E-state index contributed by atoms with van der Waals surface area (Å²) in [6.45, 7) is 4.29. The van der Waals surface area contributed by atoms with Crippen LogP contribution >= 0.6 is 15.9 Å². The first-order valence-electron chi connectivity index (χ1n) is 6.19. The lowest BCUT2D eigenvalue weighted by Crippen LogP contribution is -2.28. The van der Waals surface area contributed by atoms with Crippen molar-refractivity contribution in [1.82, 2.24) is 9.97 Å². The smallest absolute Gasteiger partial charge is 0.226 e. The lowest BCUT2D eigenvalue weighted by atomic mass is 9.79. The minimum atomic E-state index is 0.00407. The molecule has 18 heavy (non-hydrogen) atoms. The summed E-state index contributed by atoms with van der Waals surface area (Å²) in [6, 6.07) is 0. The van der Waals surface area contributed by atoms with E-state index in [1.807, 2.05) is 0 Å². The van der Waals surface area contributed by atoms with E-state index in [1.54, 1.807) is 0 Å². The average Bonchev–Trinajstić information content (AvgIpc) is 2.28. The molecule has 2 rings (SSSR count). The minimum Gasteiger partial charge on any atom is -0.368 e. The van der Waals surface area contributed by atoms with Crippen LogP contribution < -0.4 is 11.1 Å². The van der Waals surface area contributed by atoms with Crippen molar-refractivity contribution >= 4 is 33.6 Å². The highest BCUT2D eigenvalue weighted by Gasteiger charge is 2.33. The van der Waals surface area contributed by atoms with E-state index in [2.05, 4.69) is 45.1 Å². The third-order valence-corrected chi connectivity index (χ3v) is 4.17. The molecule has 1 aliphatic heterocycles. The van der Waals surface area contributed by atoms with Gasteiger partial charge in [-0.05, 0) is 21.8 Å². The molecule has 1 amide bonds. The summed E-state index contributed by atoms with van der Waals surface area (Å²) < 4.78 is 0.696. The largest absolute Gasteiger partial charge is 0.368 e. The van der Waals surface area contributed by atoms with Crippen LogP contribution in [-0.2, 0) is 4.79 Å². The van der Waals surface area contributed by atoms with Crippen LogP contribution in [0.1, 0.15) is 44.6 Å². The summed E-state index contributed by atoms with van der Waals surface area (Å²) in [4.78, 5) is 20.0. The van der Waals surface area contributed by atoms with Crippen molar-refractivity contribution in [2.24, 2.45) is 5.92 Å². The molecule has 0 aliphatic carbocycles. The van der Waals surface area contributed by atoms with Crippen LogP contribution in [0.5, 0.6) is 0 Å². The predicted molar refractivity (Wildman–Crippen MR) is 74.2 cm³/mol. The van der Waals surface area contributed by atoms with Crippen LogP contribution in [0, 0.1) is 5.92 Å². The van der Waals surface area contributed by atoms with Crippen molar-refractivity contribution in [3.05, 3.63) is 10.2 Å². The maximum atomic E-state index is 11.8. The summed E-state index contributed by atoms with van der Waals surface area (Å²) in [5, 5.41) is 2.77. The Morgan fingerprint density at radius 2 is 2.11 bits per heavy atom. The van der Waals surface area contributed by atoms with E-state index in [4.69, 9.17) is 5.73 Å². The highest BCUT2D eigenvalue weighted by atomic mass is 79.9. The van der Waals surface area contributed by atoms with Crippen molar-refractivity contribution < 1.29 is 4.79 Å². The van der Waals surface area contributed by atoms with Gasteiger partial charge in [-0.3, -0.25) is 4.79 Å².